The van der Waals surface area contributed by atoms with Crippen molar-refractivity contribution in [1.82, 2.24) is 0 Å². The Hall–Kier alpha value is -1.81. The van der Waals surface area contributed by atoms with E-state index >= 15 is 0 Å². The first-order chi connectivity index (χ1) is 9.06. The lowest BCUT2D eigenvalue weighted by Crippen LogP contribution is -2.10. The maximum absolute atomic E-state index is 7.33. The summed E-state index contributed by atoms with van der Waals surface area (Å²) in [6.07, 6.45) is 0. The molecule has 0 radical (unpaired) electrons. The van der Waals surface area contributed by atoms with Crippen molar-refractivity contribution in [3.8, 4) is 5.75 Å². The molecule has 0 aliphatic rings. The lowest BCUT2D eigenvalue weighted by Gasteiger charge is -2.09. The molecule has 2 aromatic carbocycles. The number of nitrogens with one attached hydrogen (secondary N) is 1. The highest BCUT2D eigenvalue weighted by Crippen LogP contribution is 2.23. The zero-order chi connectivity index (χ0) is 13.8. The average molecular weight is 319 g/mol. The van der Waals surface area contributed by atoms with Crippen LogP contribution in [0.15, 0.2) is 46.9 Å². The molecule has 0 heterocycles. The van der Waals surface area contributed by atoms with Crippen molar-refractivity contribution < 1.29 is 4.74 Å². The molecule has 4 heteroatoms. The zero-order valence-electron chi connectivity index (χ0n) is 10.6. The number of hydrogen-bond donors (Lipinski definition) is 2. The lowest BCUT2D eigenvalue weighted by molar-refractivity contribution is 0.304. The Balaban J connectivity index is 2.04. The molecule has 2 aromatic rings. The molecule has 19 heavy (non-hydrogen) atoms. The Kier molecular flexibility index (Phi) is 4.22. The van der Waals surface area contributed by atoms with Crippen LogP contribution >= 0.6 is 15.9 Å². The van der Waals surface area contributed by atoms with Gasteiger partial charge in [-0.2, -0.15) is 0 Å². The predicted molar refractivity (Wildman–Crippen MR) is 80.7 cm³/mol. The van der Waals surface area contributed by atoms with Gasteiger partial charge in [0.25, 0.3) is 0 Å². The van der Waals surface area contributed by atoms with E-state index in [0.717, 1.165) is 26.9 Å². The summed E-state index contributed by atoms with van der Waals surface area (Å²) in [5.74, 6) is 0.954. The molecule has 0 fully saturated rings. The van der Waals surface area contributed by atoms with E-state index < -0.39 is 0 Å². The van der Waals surface area contributed by atoms with E-state index in [4.69, 9.17) is 15.9 Å². The Morgan fingerprint density at radius 2 is 1.89 bits per heavy atom. The highest BCUT2D eigenvalue weighted by Gasteiger charge is 2.02. The van der Waals surface area contributed by atoms with Crippen LogP contribution in [-0.2, 0) is 6.61 Å². The van der Waals surface area contributed by atoms with Crippen LogP contribution in [-0.4, -0.2) is 5.84 Å². The summed E-state index contributed by atoms with van der Waals surface area (Å²) in [5.41, 5.74) is 8.28. The summed E-state index contributed by atoms with van der Waals surface area (Å²) < 4.78 is 6.82. The largest absolute Gasteiger partial charge is 0.489 e. The van der Waals surface area contributed by atoms with Gasteiger partial charge in [0.1, 0.15) is 18.2 Å². The third kappa shape index (κ3) is 3.58. The summed E-state index contributed by atoms with van der Waals surface area (Å²) in [4.78, 5) is 0. The molecule has 3 N–H and O–H groups in total. The van der Waals surface area contributed by atoms with Gasteiger partial charge in [-0.15, -0.1) is 0 Å². The molecule has 0 aliphatic carbocycles. The first-order valence-electron chi connectivity index (χ1n) is 5.88. The van der Waals surface area contributed by atoms with Gasteiger partial charge in [-0.1, -0.05) is 40.2 Å². The summed E-state index contributed by atoms with van der Waals surface area (Å²) in [6, 6.07) is 13.4. The highest BCUT2D eigenvalue weighted by molar-refractivity contribution is 9.10. The van der Waals surface area contributed by atoms with Crippen LogP contribution in [0.3, 0.4) is 0 Å². The van der Waals surface area contributed by atoms with Crippen LogP contribution < -0.4 is 10.5 Å². The van der Waals surface area contributed by atoms with Gasteiger partial charge in [0, 0.05) is 10.0 Å². The molecule has 0 atom stereocenters. The lowest BCUT2D eigenvalue weighted by atomic mass is 10.1. The number of ether oxygens (including phenoxy) is 1. The van der Waals surface area contributed by atoms with Crippen molar-refractivity contribution in [2.24, 2.45) is 5.73 Å². The molecule has 0 saturated carbocycles. The van der Waals surface area contributed by atoms with Gasteiger partial charge in [0.15, 0.2) is 0 Å². The fourth-order valence-corrected chi connectivity index (χ4v) is 2.19. The molecule has 0 saturated heterocycles. The SMILES string of the molecule is Cc1cc(Br)ccc1OCc1ccc(C(=N)N)cc1. The van der Waals surface area contributed by atoms with Gasteiger partial charge >= 0.3 is 0 Å². The van der Waals surface area contributed by atoms with Gasteiger partial charge in [-0.25, -0.2) is 0 Å². The Morgan fingerprint density at radius 3 is 2.47 bits per heavy atom. The van der Waals surface area contributed by atoms with Crippen LogP contribution in [0.2, 0.25) is 0 Å². The van der Waals surface area contributed by atoms with E-state index in [0.29, 0.717) is 6.61 Å². The normalized spacial score (nSPS) is 10.2. The van der Waals surface area contributed by atoms with E-state index in [1.807, 2.05) is 49.4 Å². The van der Waals surface area contributed by atoms with E-state index in [2.05, 4.69) is 15.9 Å². The van der Waals surface area contributed by atoms with Crippen molar-refractivity contribution in [3.05, 3.63) is 63.6 Å². The summed E-state index contributed by atoms with van der Waals surface area (Å²) in [7, 11) is 0. The fourth-order valence-electron chi connectivity index (χ4n) is 1.72. The Morgan fingerprint density at radius 1 is 1.21 bits per heavy atom. The molecule has 0 unspecified atom stereocenters. The van der Waals surface area contributed by atoms with Gasteiger partial charge in [0.05, 0.1) is 0 Å². The van der Waals surface area contributed by atoms with Crippen LogP contribution in [0.4, 0.5) is 0 Å². The minimum Gasteiger partial charge on any atom is -0.489 e. The fraction of sp³-hybridized carbons (Fsp3) is 0.133. The first-order valence-corrected chi connectivity index (χ1v) is 6.68. The van der Waals surface area contributed by atoms with Gasteiger partial charge in [-0.05, 0) is 36.2 Å². The van der Waals surface area contributed by atoms with Crippen molar-refractivity contribution in [2.75, 3.05) is 0 Å². The summed E-state index contributed by atoms with van der Waals surface area (Å²) in [5, 5.41) is 7.33. The van der Waals surface area contributed by atoms with Crippen molar-refractivity contribution in [2.45, 2.75) is 13.5 Å². The third-order valence-corrected chi connectivity index (χ3v) is 3.29. The molecule has 0 amide bonds. The second kappa shape index (κ2) is 5.89. The molecule has 0 bridgehead atoms. The molecule has 98 valence electrons. The van der Waals surface area contributed by atoms with E-state index in [1.54, 1.807) is 0 Å². The molecule has 0 aliphatic heterocycles. The van der Waals surface area contributed by atoms with Crippen molar-refractivity contribution in [3.63, 3.8) is 0 Å². The molecule has 2 rings (SSSR count). The highest BCUT2D eigenvalue weighted by atomic mass is 79.9. The second-order valence-electron chi connectivity index (χ2n) is 4.31. The summed E-state index contributed by atoms with van der Waals surface area (Å²) in [6.45, 7) is 2.51. The van der Waals surface area contributed by atoms with Gasteiger partial charge in [0.2, 0.25) is 0 Å². The predicted octanol–water partition coefficient (Wildman–Crippen LogP) is 3.62. The summed E-state index contributed by atoms with van der Waals surface area (Å²) >= 11 is 3.43. The number of nitrogen functional groups attached to an aromatic ring is 1. The average Bonchev–Trinajstić information content (AvgIpc) is 2.38. The molecule has 3 nitrogen and oxygen atoms in total. The van der Waals surface area contributed by atoms with Crippen LogP contribution in [0.25, 0.3) is 0 Å². The van der Waals surface area contributed by atoms with Gasteiger partial charge in [-0.3, -0.25) is 5.41 Å². The minimum atomic E-state index is 0.0798. The topological polar surface area (TPSA) is 59.1 Å². The standard InChI is InChI=1S/C15H15BrN2O/c1-10-8-13(16)6-7-14(10)19-9-11-2-4-12(5-3-11)15(17)18/h2-8H,9H2,1H3,(H3,17,18). The smallest absolute Gasteiger partial charge is 0.122 e. The maximum atomic E-state index is 7.33. The molecular formula is C15H15BrN2O. The second-order valence-corrected chi connectivity index (χ2v) is 5.22. The quantitative estimate of drug-likeness (QED) is 0.668. The molecule has 0 aromatic heterocycles. The minimum absolute atomic E-state index is 0.0798. The van der Waals surface area contributed by atoms with Gasteiger partial charge < -0.3 is 10.5 Å². The van der Waals surface area contributed by atoms with Crippen LogP contribution in [0, 0.1) is 12.3 Å². The van der Waals surface area contributed by atoms with E-state index in [-0.39, 0.29) is 5.84 Å². The number of aryl methyl sites for hydroxylation is 1. The van der Waals surface area contributed by atoms with Crippen molar-refractivity contribution in [1.29, 1.82) is 5.41 Å². The number of benzene rings is 2. The maximum Gasteiger partial charge on any atom is 0.122 e. The first kappa shape index (κ1) is 13.6. The number of amidine groups is 1. The van der Waals surface area contributed by atoms with Crippen LogP contribution in [0.5, 0.6) is 5.75 Å². The molecular weight excluding hydrogens is 304 g/mol. The van der Waals surface area contributed by atoms with Crippen LogP contribution in [0.1, 0.15) is 16.7 Å². The monoisotopic (exact) mass is 318 g/mol. The Labute approximate surface area is 121 Å². The number of rotatable bonds is 4. The number of nitrogens with two attached hydrogens (primary N) is 1. The van der Waals surface area contributed by atoms with E-state index in [9.17, 15) is 0 Å². The van der Waals surface area contributed by atoms with E-state index in [1.165, 1.54) is 0 Å². The Bertz CT molecular complexity index is 594. The molecule has 0 spiro atoms. The number of hydrogen-bond acceptors (Lipinski definition) is 2. The third-order valence-electron chi connectivity index (χ3n) is 2.80. The zero-order valence-corrected chi connectivity index (χ0v) is 12.2. The number of halogens is 1. The van der Waals surface area contributed by atoms with Crippen molar-refractivity contribution >= 4 is 21.8 Å².